The van der Waals surface area contributed by atoms with Crippen molar-refractivity contribution >= 4 is 39.9 Å². The number of alkyl carbamates (subject to hydrolysis) is 1. The van der Waals surface area contributed by atoms with E-state index in [9.17, 15) is 19.5 Å². The summed E-state index contributed by atoms with van der Waals surface area (Å²) in [4.78, 5) is 58.0. The number of piperidine rings is 1. The smallest absolute Gasteiger partial charge is 0.407 e. The molecule has 5 heterocycles. The molecule has 0 bridgehead atoms. The van der Waals surface area contributed by atoms with E-state index in [4.69, 9.17) is 19.2 Å². The summed E-state index contributed by atoms with van der Waals surface area (Å²) in [6.07, 6.45) is 2.62. The van der Waals surface area contributed by atoms with Crippen molar-refractivity contribution in [1.82, 2.24) is 35.1 Å². The first-order valence-corrected chi connectivity index (χ1v) is 18.5. The lowest BCUT2D eigenvalue weighted by atomic mass is 9.92. The van der Waals surface area contributed by atoms with Gasteiger partial charge in [-0.1, -0.05) is 32.0 Å². The Morgan fingerprint density at radius 2 is 1.87 bits per heavy atom. The molecule has 1 saturated carbocycles. The Kier molecular flexibility index (Phi) is 8.25. The molecule has 6 atom stereocenters. The highest BCUT2D eigenvalue weighted by Gasteiger charge is 2.56. The third-order valence-electron chi connectivity index (χ3n) is 11.7. The van der Waals surface area contributed by atoms with Gasteiger partial charge in [0.2, 0.25) is 5.91 Å². The first-order valence-electron chi connectivity index (χ1n) is 18.5. The third kappa shape index (κ3) is 5.70. The van der Waals surface area contributed by atoms with Gasteiger partial charge < -0.3 is 39.5 Å². The number of imidazole rings is 2. The van der Waals surface area contributed by atoms with Gasteiger partial charge in [0.15, 0.2) is 0 Å². The molecule has 2 saturated heterocycles. The third-order valence-corrected chi connectivity index (χ3v) is 11.7. The zero-order valence-corrected chi connectivity index (χ0v) is 30.6. The minimum absolute atomic E-state index is 0.109. The van der Waals surface area contributed by atoms with E-state index in [0.29, 0.717) is 37.9 Å². The number of ether oxygens (including phenoxy) is 3. The quantitative estimate of drug-likeness (QED) is 0.141. The molecule has 3 fully saturated rings. The molecular weight excluding hydrogens is 690 g/mol. The number of methoxy groups -OCH3 is 2. The van der Waals surface area contributed by atoms with Crippen molar-refractivity contribution in [3.63, 3.8) is 0 Å². The number of likely N-dealkylation sites (tertiary alicyclic amines) is 2. The van der Waals surface area contributed by atoms with Crippen LogP contribution in [-0.4, -0.2) is 92.4 Å². The van der Waals surface area contributed by atoms with Crippen LogP contribution in [0.15, 0.2) is 48.7 Å². The molecule has 14 heteroatoms. The lowest BCUT2D eigenvalue weighted by Crippen LogP contribution is -2.52. The average Bonchev–Trinajstić information content (AvgIpc) is 3.64. The fourth-order valence-corrected chi connectivity index (χ4v) is 8.92. The number of fused-ring (bicyclic) bond motifs is 7. The largest absolute Gasteiger partial charge is 0.488 e. The van der Waals surface area contributed by atoms with E-state index in [-0.39, 0.29) is 35.9 Å². The molecule has 14 nitrogen and oxygen atoms in total. The fraction of sp³-hybridized carbons (Fsp3) is 0.425. The van der Waals surface area contributed by atoms with Crippen LogP contribution in [0, 0.1) is 17.8 Å². The van der Waals surface area contributed by atoms with Crippen molar-refractivity contribution in [3.05, 3.63) is 65.9 Å². The Balaban J connectivity index is 0.992. The Labute approximate surface area is 311 Å². The van der Waals surface area contributed by atoms with Crippen molar-refractivity contribution in [2.75, 3.05) is 27.4 Å². The summed E-state index contributed by atoms with van der Waals surface area (Å²) in [6, 6.07) is 13.5. The number of aromatic amines is 2. The minimum atomic E-state index is -0.961. The van der Waals surface area contributed by atoms with E-state index in [1.807, 2.05) is 24.8 Å². The molecule has 1 aliphatic carbocycles. The molecule has 2 aromatic heterocycles. The SMILES string of the molecule is COC[C@H]1C[C@@H](c2ncc(-c3ccc4c(c3)COc3cc5c(ccc6nc([C@@H]7C[C@H]8C[C@H]8N7C(=O)[C@@H](NC(=O)OC)C(C)C)[nH]c65)cc3-4)[nH]2)N(C(=O)O)C1. The minimum Gasteiger partial charge on any atom is -0.488 e. The molecule has 280 valence electrons. The highest BCUT2D eigenvalue weighted by Crippen LogP contribution is 2.54. The van der Waals surface area contributed by atoms with Gasteiger partial charge in [-0.25, -0.2) is 19.6 Å². The number of hydrogen-bond acceptors (Lipinski definition) is 8. The normalized spacial score (nSPS) is 23.2. The van der Waals surface area contributed by atoms with Crippen LogP contribution in [-0.2, 0) is 20.9 Å². The van der Waals surface area contributed by atoms with Gasteiger partial charge in [0.1, 0.15) is 30.0 Å². The van der Waals surface area contributed by atoms with Gasteiger partial charge in [-0.05, 0) is 77.4 Å². The van der Waals surface area contributed by atoms with Gasteiger partial charge in [0.25, 0.3) is 0 Å². The number of carboxylic acid groups (broad SMARTS) is 1. The summed E-state index contributed by atoms with van der Waals surface area (Å²) >= 11 is 0. The molecule has 54 heavy (non-hydrogen) atoms. The Morgan fingerprint density at radius 3 is 2.65 bits per heavy atom. The average molecular weight is 734 g/mol. The molecule has 3 aromatic carbocycles. The predicted molar refractivity (Wildman–Crippen MR) is 199 cm³/mol. The van der Waals surface area contributed by atoms with Gasteiger partial charge in [-0.3, -0.25) is 9.69 Å². The maximum atomic E-state index is 13.9. The first kappa shape index (κ1) is 34.2. The number of hydrogen-bond donors (Lipinski definition) is 4. The molecule has 0 spiro atoms. The second kappa shape index (κ2) is 13.0. The summed E-state index contributed by atoms with van der Waals surface area (Å²) in [7, 11) is 2.93. The molecule has 5 aromatic rings. The second-order valence-corrected chi connectivity index (χ2v) is 15.4. The van der Waals surface area contributed by atoms with Crippen molar-refractivity contribution in [3.8, 4) is 28.1 Å². The van der Waals surface area contributed by atoms with Gasteiger partial charge in [-0.2, -0.15) is 0 Å². The maximum Gasteiger partial charge on any atom is 0.407 e. The first-order chi connectivity index (χ1) is 26.1. The number of benzene rings is 3. The van der Waals surface area contributed by atoms with Crippen molar-refractivity contribution < 1.29 is 33.7 Å². The van der Waals surface area contributed by atoms with E-state index in [0.717, 1.165) is 74.2 Å². The Bertz CT molecular complexity index is 2320. The molecular formula is C40H43N7O7. The van der Waals surface area contributed by atoms with E-state index in [1.54, 1.807) is 13.3 Å². The molecule has 0 unspecified atom stereocenters. The van der Waals surface area contributed by atoms with E-state index in [1.165, 1.54) is 12.0 Å². The highest BCUT2D eigenvalue weighted by atomic mass is 16.5. The summed E-state index contributed by atoms with van der Waals surface area (Å²) in [5.41, 5.74) is 6.59. The second-order valence-electron chi connectivity index (χ2n) is 15.4. The van der Waals surface area contributed by atoms with Crippen LogP contribution in [0.2, 0.25) is 0 Å². The van der Waals surface area contributed by atoms with Gasteiger partial charge >= 0.3 is 12.2 Å². The van der Waals surface area contributed by atoms with Crippen LogP contribution in [0.1, 0.15) is 62.4 Å². The van der Waals surface area contributed by atoms with Crippen molar-refractivity contribution in [2.45, 2.75) is 63.9 Å². The molecule has 0 radical (unpaired) electrons. The molecule has 4 N–H and O–H groups in total. The van der Waals surface area contributed by atoms with Gasteiger partial charge in [0, 0.05) is 36.6 Å². The molecule has 3 amide bonds. The summed E-state index contributed by atoms with van der Waals surface area (Å²) in [6.45, 7) is 5.15. The van der Waals surface area contributed by atoms with Crippen LogP contribution < -0.4 is 10.1 Å². The number of nitrogens with one attached hydrogen (secondary N) is 3. The number of nitrogens with zero attached hydrogens (tertiary/aromatic N) is 4. The van der Waals surface area contributed by atoms with E-state index < -0.39 is 18.2 Å². The summed E-state index contributed by atoms with van der Waals surface area (Å²) in [5, 5.41) is 14.6. The number of carbonyl (C=O) groups excluding carboxylic acids is 2. The predicted octanol–water partition coefficient (Wildman–Crippen LogP) is 6.40. The van der Waals surface area contributed by atoms with Crippen LogP contribution in [0.25, 0.3) is 44.2 Å². The zero-order chi connectivity index (χ0) is 37.4. The standard InChI is InChI=1S/C40H43N7O7/c1-19(2)34(45-39(49)53-4)38(48)47-30-12-23(30)13-32(47)37-42-28-8-6-21-11-27-25-7-5-22(10-24(25)18-54-33(27)14-26(21)35(28)44-37)29-15-41-36(43-29)31-9-20(17-52-3)16-46(31)40(50)51/h5-8,10-11,14-15,19-20,23,30-32,34H,9,12-13,16-18H2,1-4H3,(H,41,43)(H,42,44)(H,45,49)(H,50,51)/t20-,23+,30+,31-,32-,34-/m0/s1. The Morgan fingerprint density at radius 1 is 1.02 bits per heavy atom. The zero-order valence-electron chi connectivity index (χ0n) is 30.6. The summed E-state index contributed by atoms with van der Waals surface area (Å²) < 4.78 is 16.5. The number of carbonyl (C=O) groups is 3. The molecule has 9 rings (SSSR count). The number of rotatable bonds is 8. The van der Waals surface area contributed by atoms with Gasteiger partial charge in [-0.15, -0.1) is 0 Å². The van der Waals surface area contributed by atoms with E-state index in [2.05, 4.69) is 56.7 Å². The number of aromatic nitrogens is 4. The van der Waals surface area contributed by atoms with Gasteiger partial charge in [0.05, 0.1) is 48.7 Å². The van der Waals surface area contributed by atoms with E-state index >= 15 is 0 Å². The Hall–Kier alpha value is -5.63. The summed E-state index contributed by atoms with van der Waals surface area (Å²) in [5.74, 6) is 2.48. The van der Waals surface area contributed by atoms with Crippen LogP contribution in [0.5, 0.6) is 5.75 Å². The maximum absolute atomic E-state index is 13.9. The topological polar surface area (TPSA) is 175 Å². The molecule has 4 aliphatic rings. The fourth-order valence-electron chi connectivity index (χ4n) is 8.92. The number of amides is 3. The van der Waals surface area contributed by atoms with Crippen LogP contribution >= 0.6 is 0 Å². The lowest BCUT2D eigenvalue weighted by molar-refractivity contribution is -0.136. The van der Waals surface area contributed by atoms with Crippen LogP contribution in [0.3, 0.4) is 0 Å². The van der Waals surface area contributed by atoms with Crippen molar-refractivity contribution in [2.24, 2.45) is 17.8 Å². The highest BCUT2D eigenvalue weighted by molar-refractivity contribution is 6.07. The lowest BCUT2D eigenvalue weighted by Gasteiger charge is -2.31. The molecule has 3 aliphatic heterocycles. The van der Waals surface area contributed by atoms with Crippen LogP contribution in [0.4, 0.5) is 9.59 Å². The van der Waals surface area contributed by atoms with Crippen molar-refractivity contribution in [1.29, 1.82) is 0 Å². The monoisotopic (exact) mass is 733 g/mol. The number of H-pyrrole nitrogens is 2.